The molecule has 3 rings (SSSR count). The number of anilines is 3. The fourth-order valence-electron chi connectivity index (χ4n) is 2.39. The predicted molar refractivity (Wildman–Crippen MR) is 103 cm³/mol. The Labute approximate surface area is 157 Å². The summed E-state index contributed by atoms with van der Waals surface area (Å²) in [5, 5.41) is 21.3. The van der Waals surface area contributed by atoms with Gasteiger partial charge in [-0.25, -0.2) is 18.5 Å². The lowest BCUT2D eigenvalue weighted by molar-refractivity contribution is 0.191. The summed E-state index contributed by atoms with van der Waals surface area (Å²) in [6, 6.07) is 17.0. The van der Waals surface area contributed by atoms with E-state index in [1.54, 1.807) is 24.4 Å². The molecule has 0 saturated heterocycles. The van der Waals surface area contributed by atoms with Crippen molar-refractivity contribution in [3.8, 4) is 0 Å². The zero-order chi connectivity index (χ0) is 19.3. The van der Waals surface area contributed by atoms with Gasteiger partial charge in [-0.05, 0) is 29.8 Å². The van der Waals surface area contributed by atoms with Crippen molar-refractivity contribution in [2.75, 3.05) is 17.2 Å². The van der Waals surface area contributed by atoms with E-state index in [0.29, 0.717) is 11.5 Å². The molecule has 8 nitrogen and oxygen atoms in total. The molecule has 9 heteroatoms. The van der Waals surface area contributed by atoms with E-state index in [-0.39, 0.29) is 17.4 Å². The number of rotatable bonds is 7. The fourth-order valence-corrected chi connectivity index (χ4v) is 2.95. The van der Waals surface area contributed by atoms with E-state index in [4.69, 9.17) is 5.14 Å². The van der Waals surface area contributed by atoms with Crippen molar-refractivity contribution < 1.29 is 13.5 Å². The van der Waals surface area contributed by atoms with Crippen LogP contribution in [-0.4, -0.2) is 30.0 Å². The van der Waals surface area contributed by atoms with Gasteiger partial charge in [0.2, 0.25) is 16.0 Å². The standard InChI is InChI=1S/C18H19N5O3S/c19-27(25,26)15-8-4-7-14(11-15)22-18-20-10-9-17(23-18)21-12-16(24)13-5-2-1-3-6-13/h1-11,16,24H,12H2,(H2,19,25,26)(H2,20,21,22,23). The van der Waals surface area contributed by atoms with E-state index >= 15 is 0 Å². The molecule has 2 aromatic carbocycles. The van der Waals surface area contributed by atoms with E-state index in [9.17, 15) is 13.5 Å². The topological polar surface area (TPSA) is 130 Å². The quantitative estimate of drug-likeness (QED) is 0.489. The number of primary sulfonamides is 1. The van der Waals surface area contributed by atoms with Crippen LogP contribution in [0.15, 0.2) is 71.8 Å². The Morgan fingerprint density at radius 1 is 1.07 bits per heavy atom. The van der Waals surface area contributed by atoms with E-state index in [1.807, 2.05) is 30.3 Å². The predicted octanol–water partition coefficient (Wildman–Crippen LogP) is 2.01. The first-order valence-corrected chi connectivity index (χ1v) is 9.66. The van der Waals surface area contributed by atoms with Gasteiger partial charge in [0, 0.05) is 18.4 Å². The summed E-state index contributed by atoms with van der Waals surface area (Å²) < 4.78 is 22.9. The average Bonchev–Trinajstić information content (AvgIpc) is 2.67. The van der Waals surface area contributed by atoms with Crippen LogP contribution in [0.1, 0.15) is 11.7 Å². The number of hydrogen-bond acceptors (Lipinski definition) is 7. The third-order valence-electron chi connectivity index (χ3n) is 3.74. The van der Waals surface area contributed by atoms with Crippen molar-refractivity contribution in [1.29, 1.82) is 0 Å². The molecule has 0 aliphatic carbocycles. The minimum absolute atomic E-state index is 0.00670. The van der Waals surface area contributed by atoms with Crippen LogP contribution in [-0.2, 0) is 10.0 Å². The minimum atomic E-state index is -3.79. The molecule has 0 aliphatic rings. The first-order valence-electron chi connectivity index (χ1n) is 8.11. The molecule has 0 bridgehead atoms. The van der Waals surface area contributed by atoms with Crippen LogP contribution in [0, 0.1) is 0 Å². The lowest BCUT2D eigenvalue weighted by atomic mass is 10.1. The second-order valence-electron chi connectivity index (χ2n) is 5.77. The molecule has 0 saturated carbocycles. The smallest absolute Gasteiger partial charge is 0.238 e. The van der Waals surface area contributed by atoms with E-state index in [0.717, 1.165) is 5.56 Å². The van der Waals surface area contributed by atoms with Crippen molar-refractivity contribution in [2.24, 2.45) is 5.14 Å². The molecule has 0 spiro atoms. The summed E-state index contributed by atoms with van der Waals surface area (Å²) in [6.07, 6.45) is 0.875. The maximum atomic E-state index is 11.4. The molecule has 0 amide bonds. The second kappa shape index (κ2) is 8.12. The van der Waals surface area contributed by atoms with Gasteiger partial charge in [-0.2, -0.15) is 4.98 Å². The average molecular weight is 385 g/mol. The molecule has 1 aromatic heterocycles. The van der Waals surface area contributed by atoms with Crippen molar-refractivity contribution in [2.45, 2.75) is 11.0 Å². The highest BCUT2D eigenvalue weighted by Gasteiger charge is 2.10. The lowest BCUT2D eigenvalue weighted by Crippen LogP contribution is -2.13. The highest BCUT2D eigenvalue weighted by atomic mass is 32.2. The first kappa shape index (κ1) is 18.8. The number of sulfonamides is 1. The van der Waals surface area contributed by atoms with E-state index in [1.165, 1.54) is 12.1 Å². The molecule has 1 heterocycles. The Morgan fingerprint density at radius 2 is 1.85 bits per heavy atom. The Bertz CT molecular complexity index is 1010. The van der Waals surface area contributed by atoms with Gasteiger partial charge in [0.15, 0.2) is 0 Å². The number of hydrogen-bond donors (Lipinski definition) is 4. The molecule has 27 heavy (non-hydrogen) atoms. The van der Waals surface area contributed by atoms with Crippen LogP contribution in [0.25, 0.3) is 0 Å². The van der Waals surface area contributed by atoms with Crippen molar-refractivity contribution >= 4 is 27.5 Å². The van der Waals surface area contributed by atoms with Gasteiger partial charge >= 0.3 is 0 Å². The molecular weight excluding hydrogens is 366 g/mol. The highest BCUT2D eigenvalue weighted by molar-refractivity contribution is 7.89. The lowest BCUT2D eigenvalue weighted by Gasteiger charge is -2.13. The van der Waals surface area contributed by atoms with Gasteiger partial charge < -0.3 is 15.7 Å². The van der Waals surface area contributed by atoms with Crippen LogP contribution in [0.5, 0.6) is 0 Å². The third-order valence-corrected chi connectivity index (χ3v) is 4.65. The number of nitrogens with zero attached hydrogens (tertiary/aromatic N) is 2. The van der Waals surface area contributed by atoms with Crippen LogP contribution < -0.4 is 15.8 Å². The van der Waals surface area contributed by atoms with Gasteiger partial charge in [-0.3, -0.25) is 0 Å². The van der Waals surface area contributed by atoms with Crippen molar-refractivity contribution in [1.82, 2.24) is 9.97 Å². The monoisotopic (exact) mass is 385 g/mol. The molecule has 0 fully saturated rings. The molecule has 3 aromatic rings. The third kappa shape index (κ3) is 5.23. The maximum Gasteiger partial charge on any atom is 0.238 e. The van der Waals surface area contributed by atoms with Gasteiger partial charge in [0.05, 0.1) is 11.0 Å². The van der Waals surface area contributed by atoms with Crippen LogP contribution >= 0.6 is 0 Å². The van der Waals surface area contributed by atoms with Gasteiger partial charge in [-0.15, -0.1) is 0 Å². The number of aromatic nitrogens is 2. The Kier molecular flexibility index (Phi) is 5.65. The molecule has 5 N–H and O–H groups in total. The molecule has 1 unspecified atom stereocenters. The zero-order valence-corrected chi connectivity index (χ0v) is 15.1. The summed E-state index contributed by atoms with van der Waals surface area (Å²) >= 11 is 0. The van der Waals surface area contributed by atoms with Crippen LogP contribution in [0.3, 0.4) is 0 Å². The van der Waals surface area contributed by atoms with Crippen LogP contribution in [0.4, 0.5) is 17.5 Å². The normalized spacial score (nSPS) is 12.4. The summed E-state index contributed by atoms with van der Waals surface area (Å²) in [5.41, 5.74) is 1.29. The minimum Gasteiger partial charge on any atom is -0.387 e. The summed E-state index contributed by atoms with van der Waals surface area (Å²) in [5.74, 6) is 0.797. The van der Waals surface area contributed by atoms with E-state index < -0.39 is 16.1 Å². The zero-order valence-electron chi connectivity index (χ0n) is 14.3. The second-order valence-corrected chi connectivity index (χ2v) is 7.33. The summed E-state index contributed by atoms with van der Waals surface area (Å²) in [4.78, 5) is 8.40. The number of aliphatic hydroxyl groups is 1. The number of nitrogens with two attached hydrogens (primary N) is 1. The fraction of sp³-hybridized carbons (Fsp3) is 0.111. The van der Waals surface area contributed by atoms with Crippen LogP contribution in [0.2, 0.25) is 0 Å². The molecule has 0 radical (unpaired) electrons. The van der Waals surface area contributed by atoms with Crippen molar-refractivity contribution in [3.63, 3.8) is 0 Å². The number of aliphatic hydroxyl groups excluding tert-OH is 1. The SMILES string of the molecule is NS(=O)(=O)c1cccc(Nc2nccc(NCC(O)c3ccccc3)n2)c1. The largest absolute Gasteiger partial charge is 0.387 e. The summed E-state index contributed by atoms with van der Waals surface area (Å²) in [6.45, 7) is 0.279. The summed E-state index contributed by atoms with van der Waals surface area (Å²) in [7, 11) is -3.79. The maximum absolute atomic E-state index is 11.4. The number of nitrogens with one attached hydrogen (secondary N) is 2. The molecule has 140 valence electrons. The Morgan fingerprint density at radius 3 is 2.59 bits per heavy atom. The van der Waals surface area contributed by atoms with Crippen molar-refractivity contribution in [3.05, 3.63) is 72.4 Å². The number of benzene rings is 2. The molecule has 1 atom stereocenters. The van der Waals surface area contributed by atoms with Gasteiger partial charge in [-0.1, -0.05) is 36.4 Å². The van der Waals surface area contributed by atoms with E-state index in [2.05, 4.69) is 20.6 Å². The Hall–Kier alpha value is -3.01. The highest BCUT2D eigenvalue weighted by Crippen LogP contribution is 2.18. The van der Waals surface area contributed by atoms with Gasteiger partial charge in [0.25, 0.3) is 0 Å². The molecule has 0 aliphatic heterocycles. The first-order chi connectivity index (χ1) is 12.9. The molecular formula is C18H19N5O3S. The van der Waals surface area contributed by atoms with Gasteiger partial charge in [0.1, 0.15) is 5.82 Å². The Balaban J connectivity index is 1.67.